The lowest BCUT2D eigenvalue weighted by Crippen LogP contribution is -2.46. The van der Waals surface area contributed by atoms with Crippen LogP contribution in [0.4, 0.5) is 21.6 Å². The Balaban J connectivity index is 1.29. The molecule has 0 amide bonds. The number of fused-ring (bicyclic) bond motifs is 1. The molecule has 11 heteroatoms. The van der Waals surface area contributed by atoms with Crippen molar-refractivity contribution < 1.29 is 14.1 Å². The van der Waals surface area contributed by atoms with Crippen molar-refractivity contribution in [1.82, 2.24) is 24.8 Å². The SMILES string of the molecule is CCCN1CCN(CCCOc2cc3ncnc(Nc4ccnc(-c5ccccc5F)c4)c3cc2[N+](=O)[O-])CC1. The molecule has 1 saturated heterocycles. The largest absolute Gasteiger partial charge is 0.487 e. The molecule has 3 heterocycles. The van der Waals surface area contributed by atoms with Crippen LogP contribution in [0.2, 0.25) is 0 Å². The summed E-state index contributed by atoms with van der Waals surface area (Å²) in [5.41, 5.74) is 1.78. The van der Waals surface area contributed by atoms with Crippen LogP contribution in [-0.2, 0) is 0 Å². The molecule has 0 bridgehead atoms. The summed E-state index contributed by atoms with van der Waals surface area (Å²) in [7, 11) is 0. The molecule has 40 heavy (non-hydrogen) atoms. The number of hydrogen-bond acceptors (Lipinski definition) is 9. The summed E-state index contributed by atoms with van der Waals surface area (Å²) in [4.78, 5) is 29.3. The van der Waals surface area contributed by atoms with Crippen LogP contribution in [0.1, 0.15) is 19.8 Å². The lowest BCUT2D eigenvalue weighted by Gasteiger charge is -2.34. The quantitative estimate of drug-likeness (QED) is 0.153. The normalized spacial score (nSPS) is 14.3. The van der Waals surface area contributed by atoms with Gasteiger partial charge >= 0.3 is 5.69 Å². The topological polar surface area (TPSA) is 110 Å². The molecule has 208 valence electrons. The number of nitro groups is 1. The Labute approximate surface area is 232 Å². The molecule has 0 atom stereocenters. The van der Waals surface area contributed by atoms with Gasteiger partial charge in [0.05, 0.1) is 28.1 Å². The van der Waals surface area contributed by atoms with Gasteiger partial charge in [0.1, 0.15) is 18.0 Å². The molecule has 0 radical (unpaired) electrons. The van der Waals surface area contributed by atoms with Gasteiger partial charge in [-0.1, -0.05) is 19.1 Å². The first-order valence-electron chi connectivity index (χ1n) is 13.5. The summed E-state index contributed by atoms with van der Waals surface area (Å²) in [6.45, 7) is 8.80. The van der Waals surface area contributed by atoms with Crippen LogP contribution in [0.25, 0.3) is 22.2 Å². The van der Waals surface area contributed by atoms with Crippen molar-refractivity contribution >= 4 is 28.1 Å². The highest BCUT2D eigenvalue weighted by Crippen LogP contribution is 2.35. The maximum atomic E-state index is 14.3. The van der Waals surface area contributed by atoms with Gasteiger partial charge in [-0.05, 0) is 43.7 Å². The number of aromatic nitrogens is 3. The smallest absolute Gasteiger partial charge is 0.311 e. The first kappa shape index (κ1) is 27.4. The second-order valence-electron chi connectivity index (χ2n) is 9.74. The lowest BCUT2D eigenvalue weighted by atomic mass is 10.1. The highest BCUT2D eigenvalue weighted by atomic mass is 19.1. The maximum Gasteiger partial charge on any atom is 0.311 e. The molecule has 1 aliphatic rings. The highest BCUT2D eigenvalue weighted by molar-refractivity contribution is 5.94. The number of ether oxygens (including phenoxy) is 1. The number of anilines is 2. The average Bonchev–Trinajstić information content (AvgIpc) is 2.96. The van der Waals surface area contributed by atoms with Gasteiger partial charge in [-0.25, -0.2) is 14.4 Å². The molecular formula is C29H32FN7O3. The predicted molar refractivity (Wildman–Crippen MR) is 152 cm³/mol. The molecule has 5 rings (SSSR count). The second kappa shape index (κ2) is 12.8. The van der Waals surface area contributed by atoms with Crippen LogP contribution in [0, 0.1) is 15.9 Å². The number of pyridine rings is 1. The number of halogens is 1. The number of nitrogens with zero attached hydrogens (tertiary/aromatic N) is 6. The standard InChI is InChI=1S/C29H32FN7O3/c1-2-10-35-12-14-36(15-13-35)11-5-16-40-28-19-26-23(18-27(28)37(38)39)29(33-20-32-26)34-21-8-9-31-25(17-21)22-6-3-4-7-24(22)30/h3-4,6-9,17-20H,2,5,10-16H2,1H3,(H,31,32,33,34). The molecule has 0 saturated carbocycles. The van der Waals surface area contributed by atoms with Crippen molar-refractivity contribution in [3.63, 3.8) is 0 Å². The number of nitrogens with one attached hydrogen (secondary N) is 1. The average molecular weight is 546 g/mol. The summed E-state index contributed by atoms with van der Waals surface area (Å²) in [5.74, 6) is 0.186. The van der Waals surface area contributed by atoms with Gasteiger partial charge in [0.2, 0.25) is 0 Å². The Morgan fingerprint density at radius 2 is 1.80 bits per heavy atom. The Hall–Kier alpha value is -4.22. The van der Waals surface area contributed by atoms with E-state index < -0.39 is 4.92 Å². The summed E-state index contributed by atoms with van der Waals surface area (Å²) in [6.07, 6.45) is 4.89. The van der Waals surface area contributed by atoms with Crippen LogP contribution in [-0.4, -0.2) is 75.6 Å². The molecule has 2 aromatic carbocycles. The zero-order valence-corrected chi connectivity index (χ0v) is 22.4. The maximum absolute atomic E-state index is 14.3. The Kier molecular flexibility index (Phi) is 8.72. The zero-order chi connectivity index (χ0) is 27.9. The first-order chi connectivity index (χ1) is 19.5. The molecule has 0 spiro atoms. The number of rotatable bonds is 11. The Morgan fingerprint density at radius 1 is 1.02 bits per heavy atom. The van der Waals surface area contributed by atoms with E-state index in [-0.39, 0.29) is 17.3 Å². The molecule has 1 aliphatic heterocycles. The van der Waals surface area contributed by atoms with Crippen molar-refractivity contribution in [2.24, 2.45) is 0 Å². The van der Waals surface area contributed by atoms with E-state index in [1.165, 1.54) is 24.9 Å². The van der Waals surface area contributed by atoms with Crippen LogP contribution < -0.4 is 10.1 Å². The first-order valence-corrected chi connectivity index (χ1v) is 13.5. The fraction of sp³-hybridized carbons (Fsp3) is 0.345. The van der Waals surface area contributed by atoms with Gasteiger partial charge in [-0.2, -0.15) is 0 Å². The van der Waals surface area contributed by atoms with E-state index in [0.717, 1.165) is 45.7 Å². The fourth-order valence-corrected chi connectivity index (χ4v) is 4.91. The van der Waals surface area contributed by atoms with Crippen LogP contribution in [0.3, 0.4) is 0 Å². The van der Waals surface area contributed by atoms with Crippen molar-refractivity contribution in [1.29, 1.82) is 0 Å². The molecule has 2 aromatic heterocycles. The van der Waals surface area contributed by atoms with Gasteiger partial charge in [-0.15, -0.1) is 0 Å². The minimum absolute atomic E-state index is 0.152. The van der Waals surface area contributed by atoms with Crippen LogP contribution >= 0.6 is 0 Å². The van der Waals surface area contributed by atoms with Gasteiger partial charge < -0.3 is 19.9 Å². The molecule has 4 aromatic rings. The van der Waals surface area contributed by atoms with E-state index in [0.29, 0.717) is 40.3 Å². The Bertz CT molecular complexity index is 1480. The van der Waals surface area contributed by atoms with Crippen LogP contribution in [0.5, 0.6) is 5.75 Å². The van der Waals surface area contributed by atoms with E-state index in [1.807, 2.05) is 0 Å². The van der Waals surface area contributed by atoms with Crippen molar-refractivity contribution in [2.75, 3.05) is 51.2 Å². The zero-order valence-electron chi connectivity index (χ0n) is 22.4. The number of hydrogen-bond donors (Lipinski definition) is 1. The van der Waals surface area contributed by atoms with Crippen molar-refractivity contribution in [3.05, 3.63) is 77.0 Å². The summed E-state index contributed by atoms with van der Waals surface area (Å²) < 4.78 is 20.2. The Morgan fingerprint density at radius 3 is 2.55 bits per heavy atom. The molecular weight excluding hydrogens is 513 g/mol. The number of benzene rings is 2. The minimum atomic E-state index is -0.457. The number of nitro benzene ring substituents is 1. The van der Waals surface area contributed by atoms with Gasteiger partial charge in [0.15, 0.2) is 5.75 Å². The minimum Gasteiger partial charge on any atom is -0.487 e. The van der Waals surface area contributed by atoms with Crippen molar-refractivity contribution in [2.45, 2.75) is 19.8 Å². The predicted octanol–water partition coefficient (Wildman–Crippen LogP) is 5.28. The third kappa shape index (κ3) is 6.49. The summed E-state index contributed by atoms with van der Waals surface area (Å²) in [5, 5.41) is 15.6. The molecule has 1 fully saturated rings. The van der Waals surface area contributed by atoms with Gasteiger partial charge in [0.25, 0.3) is 0 Å². The van der Waals surface area contributed by atoms with Crippen LogP contribution in [0.15, 0.2) is 61.1 Å². The summed E-state index contributed by atoms with van der Waals surface area (Å²) in [6, 6.07) is 12.8. The second-order valence-corrected chi connectivity index (χ2v) is 9.74. The third-order valence-electron chi connectivity index (χ3n) is 6.97. The van der Waals surface area contributed by atoms with E-state index in [1.54, 1.807) is 42.6 Å². The molecule has 10 nitrogen and oxygen atoms in total. The fourth-order valence-electron chi connectivity index (χ4n) is 4.91. The molecule has 0 unspecified atom stereocenters. The van der Waals surface area contributed by atoms with Gasteiger partial charge in [0, 0.05) is 62.3 Å². The monoisotopic (exact) mass is 545 g/mol. The molecule has 1 N–H and O–H groups in total. The van der Waals surface area contributed by atoms with E-state index >= 15 is 0 Å². The van der Waals surface area contributed by atoms with Gasteiger partial charge in [-0.3, -0.25) is 15.1 Å². The van der Waals surface area contributed by atoms with E-state index in [4.69, 9.17) is 4.74 Å². The summed E-state index contributed by atoms with van der Waals surface area (Å²) >= 11 is 0. The van der Waals surface area contributed by atoms with E-state index in [2.05, 4.69) is 37.0 Å². The number of piperazine rings is 1. The lowest BCUT2D eigenvalue weighted by molar-refractivity contribution is -0.385. The van der Waals surface area contributed by atoms with Crippen molar-refractivity contribution in [3.8, 4) is 17.0 Å². The van der Waals surface area contributed by atoms with E-state index in [9.17, 15) is 14.5 Å². The highest BCUT2D eigenvalue weighted by Gasteiger charge is 2.20. The molecule has 0 aliphatic carbocycles. The third-order valence-corrected chi connectivity index (χ3v) is 6.97.